The second-order valence-electron chi connectivity index (χ2n) is 23.7. The van der Waals surface area contributed by atoms with Crippen LogP contribution in [0, 0.1) is 20.7 Å². The topological polar surface area (TPSA) is 6.48 Å². The summed E-state index contributed by atoms with van der Waals surface area (Å²) in [5, 5.41) is 0. The van der Waals surface area contributed by atoms with E-state index in [1.54, 1.807) is 0 Å². The van der Waals surface area contributed by atoms with Gasteiger partial charge >= 0.3 is 0 Å². The first-order valence-corrected chi connectivity index (χ1v) is 22.3. The van der Waals surface area contributed by atoms with E-state index in [1.807, 2.05) is 12.1 Å². The Labute approximate surface area is 362 Å². The number of rotatable bonds is 2. The van der Waals surface area contributed by atoms with Gasteiger partial charge in [-0.15, -0.1) is 0 Å². The lowest BCUT2D eigenvalue weighted by Crippen LogP contribution is -2.62. The summed E-state index contributed by atoms with van der Waals surface area (Å²) in [6.45, 7) is 35.0. The Morgan fingerprint density at radius 2 is 0.966 bits per heavy atom. The fourth-order valence-corrected chi connectivity index (χ4v) is 11.7. The van der Waals surface area contributed by atoms with Crippen LogP contribution in [0.2, 0.25) is 0 Å². The van der Waals surface area contributed by atoms with Gasteiger partial charge in [0.25, 0.3) is 6.71 Å². The molecule has 2 aliphatic carbocycles. The molecular weight excluding hydrogens is 711 g/mol. The summed E-state index contributed by atoms with van der Waals surface area (Å²) in [5.74, 6) is 0. The van der Waals surface area contributed by atoms with Gasteiger partial charge in [-0.2, -0.15) is 0 Å². The molecule has 0 N–H and O–H groups in total. The fourth-order valence-electron chi connectivity index (χ4n) is 11.7. The molecule has 0 saturated heterocycles. The number of nitrogens with zero attached hydrogens (tertiary/aromatic N) is 2. The molecule has 59 heavy (non-hydrogen) atoms. The highest BCUT2D eigenvalue weighted by molar-refractivity contribution is 7.00. The summed E-state index contributed by atoms with van der Waals surface area (Å²) in [6, 6.07) is 28.1. The third-order valence-electron chi connectivity index (χ3n) is 15.1. The van der Waals surface area contributed by atoms with Gasteiger partial charge in [-0.1, -0.05) is 133 Å². The summed E-state index contributed by atoms with van der Waals surface area (Å²) in [4.78, 5) is 4.93. The van der Waals surface area contributed by atoms with Crippen LogP contribution >= 0.6 is 0 Å². The minimum absolute atomic E-state index is 0.000667. The van der Waals surface area contributed by atoms with Crippen molar-refractivity contribution in [1.29, 1.82) is 0 Å². The monoisotopic (exact) mass is 784 g/mol. The average Bonchev–Trinajstić information content (AvgIpc) is 3.33. The molecule has 4 aliphatic rings. The highest BCUT2D eigenvalue weighted by atomic mass is 15.2. The zero-order valence-electron chi connectivity index (χ0n) is 42.0. The highest BCUT2D eigenvalue weighted by Crippen LogP contribution is 2.55. The second-order valence-corrected chi connectivity index (χ2v) is 23.7. The van der Waals surface area contributed by atoms with Crippen molar-refractivity contribution >= 4 is 57.2 Å². The van der Waals surface area contributed by atoms with Crippen LogP contribution in [0.4, 0.5) is 34.1 Å². The Bertz CT molecular complexity index is 2720. The van der Waals surface area contributed by atoms with E-state index >= 15 is 0 Å². The van der Waals surface area contributed by atoms with Crippen LogP contribution in [-0.2, 0) is 32.5 Å². The predicted molar refractivity (Wildman–Crippen MR) is 258 cm³/mol. The normalized spacial score (nSPS) is 20.1. The Kier molecular flexibility index (Phi) is 7.71. The second kappa shape index (κ2) is 12.4. The molecule has 3 heteroatoms. The molecule has 0 fully saturated rings. The quantitative estimate of drug-likeness (QED) is 0.161. The molecule has 0 bridgehead atoms. The van der Waals surface area contributed by atoms with Crippen molar-refractivity contribution in [2.24, 2.45) is 0 Å². The number of hydrogen-bond donors (Lipinski definition) is 0. The van der Waals surface area contributed by atoms with Crippen LogP contribution in [-0.4, -0.2) is 6.71 Å². The van der Waals surface area contributed by atoms with E-state index < -0.39 is 6.85 Å². The molecule has 5 aromatic carbocycles. The highest BCUT2D eigenvalue weighted by Gasteiger charge is 2.48. The fraction of sp³-hybridized carbons (Fsp3) is 0.464. The first-order valence-electron chi connectivity index (χ1n) is 23.8. The molecule has 0 amide bonds. The number of aryl methyl sites for hydroxylation is 3. The van der Waals surface area contributed by atoms with E-state index in [0.29, 0.717) is 5.56 Å². The standard InChI is InChI=1S/C56H69BN2/c1-33-24-48-50-49(25-33)59(46-30-41-38(26-35(46)3)55(14,15)32-56(41,16)17)47-31-40-39(53(10,11)22-23-54(40,12)13)29-43(47)57(50)42-27-36(51(4,5)6)20-21-44(42)58(48)45-28-37(52(7,8)9)19-18-34(45)2/h18-21,24-31H,22-23,32H2,1-17H3/i1D3. The number of anilines is 6. The lowest BCUT2D eigenvalue weighted by atomic mass is 9.33. The van der Waals surface area contributed by atoms with Crippen LogP contribution in [0.25, 0.3) is 0 Å². The molecule has 2 heterocycles. The van der Waals surface area contributed by atoms with Crippen molar-refractivity contribution in [3.05, 3.63) is 123 Å². The van der Waals surface area contributed by atoms with Crippen molar-refractivity contribution in [3.63, 3.8) is 0 Å². The Morgan fingerprint density at radius 3 is 1.56 bits per heavy atom. The molecule has 306 valence electrons. The maximum absolute atomic E-state index is 9.07. The van der Waals surface area contributed by atoms with E-state index in [4.69, 9.17) is 4.11 Å². The minimum atomic E-state index is -2.34. The van der Waals surface area contributed by atoms with Gasteiger partial charge in [0.15, 0.2) is 0 Å². The molecule has 2 nitrogen and oxygen atoms in total. The summed E-state index contributed by atoms with van der Waals surface area (Å²) in [7, 11) is 0. The Hall–Kier alpha value is -4.24. The third-order valence-corrected chi connectivity index (χ3v) is 15.1. The van der Waals surface area contributed by atoms with Gasteiger partial charge in [0.1, 0.15) is 0 Å². The Balaban J connectivity index is 1.48. The molecule has 2 aliphatic heterocycles. The molecule has 0 radical (unpaired) electrons. The first kappa shape index (κ1) is 36.6. The zero-order chi connectivity index (χ0) is 45.2. The number of fused-ring (bicyclic) bond motifs is 6. The third kappa shape index (κ3) is 6.01. The molecule has 0 aromatic heterocycles. The van der Waals surface area contributed by atoms with Gasteiger partial charge in [-0.25, -0.2) is 0 Å². The molecule has 5 aromatic rings. The van der Waals surface area contributed by atoms with Crippen LogP contribution in [0.1, 0.15) is 170 Å². The average molecular weight is 784 g/mol. The summed E-state index contributed by atoms with van der Waals surface area (Å²) < 4.78 is 27.2. The zero-order valence-corrected chi connectivity index (χ0v) is 39.0. The van der Waals surface area contributed by atoms with Crippen molar-refractivity contribution in [2.45, 2.75) is 169 Å². The van der Waals surface area contributed by atoms with Crippen LogP contribution in [0.3, 0.4) is 0 Å². The molecular formula is C56H69BN2. The van der Waals surface area contributed by atoms with Crippen LogP contribution < -0.4 is 26.2 Å². The van der Waals surface area contributed by atoms with E-state index in [9.17, 15) is 0 Å². The summed E-state index contributed by atoms with van der Waals surface area (Å²) in [5.41, 5.74) is 21.0. The molecule has 0 atom stereocenters. The van der Waals surface area contributed by atoms with E-state index in [1.165, 1.54) is 61.0 Å². The summed E-state index contributed by atoms with van der Waals surface area (Å²) in [6.07, 6.45) is 3.31. The molecule has 0 spiro atoms. The largest absolute Gasteiger partial charge is 0.311 e. The van der Waals surface area contributed by atoms with Crippen molar-refractivity contribution in [3.8, 4) is 0 Å². The molecule has 0 unspecified atom stereocenters. The number of benzene rings is 5. The Morgan fingerprint density at radius 1 is 0.492 bits per heavy atom. The van der Waals surface area contributed by atoms with Gasteiger partial charge in [0.2, 0.25) is 0 Å². The maximum Gasteiger partial charge on any atom is 0.252 e. The lowest BCUT2D eigenvalue weighted by Gasteiger charge is -2.48. The number of hydrogen-bond acceptors (Lipinski definition) is 2. The van der Waals surface area contributed by atoms with E-state index in [-0.39, 0.29) is 39.2 Å². The van der Waals surface area contributed by atoms with Crippen molar-refractivity contribution in [2.75, 3.05) is 9.80 Å². The van der Waals surface area contributed by atoms with Crippen LogP contribution in [0.5, 0.6) is 0 Å². The van der Waals surface area contributed by atoms with Gasteiger partial charge in [0.05, 0.1) is 0 Å². The molecule has 9 rings (SSSR count). The van der Waals surface area contributed by atoms with Gasteiger partial charge in [0, 0.05) is 38.2 Å². The minimum Gasteiger partial charge on any atom is -0.311 e. The van der Waals surface area contributed by atoms with Gasteiger partial charge < -0.3 is 9.80 Å². The van der Waals surface area contributed by atoms with Crippen molar-refractivity contribution in [1.82, 2.24) is 0 Å². The van der Waals surface area contributed by atoms with Gasteiger partial charge in [-0.05, 0) is 175 Å². The first-order chi connectivity index (χ1) is 28.4. The van der Waals surface area contributed by atoms with E-state index in [0.717, 1.165) is 53.3 Å². The lowest BCUT2D eigenvalue weighted by molar-refractivity contribution is 0.332. The van der Waals surface area contributed by atoms with Gasteiger partial charge in [-0.3, -0.25) is 0 Å². The van der Waals surface area contributed by atoms with Crippen molar-refractivity contribution < 1.29 is 4.11 Å². The molecule has 0 saturated carbocycles. The predicted octanol–water partition coefficient (Wildman–Crippen LogP) is 13.6. The summed E-state index contributed by atoms with van der Waals surface area (Å²) >= 11 is 0. The smallest absolute Gasteiger partial charge is 0.252 e. The maximum atomic E-state index is 9.07. The van der Waals surface area contributed by atoms with Crippen LogP contribution in [0.15, 0.2) is 72.8 Å². The SMILES string of the molecule is [2H]C([2H])([2H])c1cc2c3c(c1)N(c1cc4c(cc1C)C(C)(C)CC4(C)C)c1cc4c(cc1B3c1cc(C(C)(C)C)ccc1N2c1cc(C(C)(C)C)ccc1C)C(C)(C)CCC4(C)C. The van der Waals surface area contributed by atoms with E-state index in [2.05, 4.69) is 181 Å².